The molecule has 0 bridgehead atoms. The summed E-state index contributed by atoms with van der Waals surface area (Å²) in [7, 11) is 0. The van der Waals surface area contributed by atoms with E-state index < -0.39 is 0 Å². The number of hydrogen-bond donors (Lipinski definition) is 1. The number of nitrogens with zero attached hydrogens (tertiary/aromatic N) is 3. The molecule has 1 amide bonds. The van der Waals surface area contributed by atoms with E-state index in [0.29, 0.717) is 35.5 Å². The standard InChI is InChI=1S/C21H21ClN4O2/c22-16-2-1-3-17(20(16)25-8-10-28-11-9-25)24-21(27)14-4-7-19-18(12-14)23-13-26(19)15-5-6-15/h1-4,7,12-13,15H,5-6,8-11H2,(H,24,27). The smallest absolute Gasteiger partial charge is 0.255 e. The van der Waals surface area contributed by atoms with Crippen molar-refractivity contribution in [1.29, 1.82) is 0 Å². The second-order valence-corrected chi connectivity index (χ2v) is 7.68. The Balaban J connectivity index is 1.42. The third-order valence-corrected chi connectivity index (χ3v) is 5.64. The van der Waals surface area contributed by atoms with Gasteiger partial charge in [0.25, 0.3) is 5.91 Å². The summed E-state index contributed by atoms with van der Waals surface area (Å²) >= 11 is 6.46. The Bertz CT molecular complexity index is 1040. The Labute approximate surface area is 168 Å². The van der Waals surface area contributed by atoms with E-state index >= 15 is 0 Å². The zero-order valence-electron chi connectivity index (χ0n) is 15.4. The highest BCUT2D eigenvalue weighted by Gasteiger charge is 2.25. The molecule has 1 saturated carbocycles. The van der Waals surface area contributed by atoms with Gasteiger partial charge in [-0.1, -0.05) is 17.7 Å². The van der Waals surface area contributed by atoms with Crippen molar-refractivity contribution in [3.05, 3.63) is 53.3 Å². The van der Waals surface area contributed by atoms with Crippen LogP contribution < -0.4 is 10.2 Å². The molecule has 3 aromatic rings. The molecule has 1 aliphatic heterocycles. The highest BCUT2D eigenvalue weighted by molar-refractivity contribution is 6.34. The van der Waals surface area contributed by atoms with Gasteiger partial charge < -0.3 is 19.5 Å². The Morgan fingerprint density at radius 1 is 1.18 bits per heavy atom. The van der Waals surface area contributed by atoms with Crippen molar-refractivity contribution < 1.29 is 9.53 Å². The molecule has 1 saturated heterocycles. The molecule has 7 heteroatoms. The molecule has 5 rings (SSSR count). The van der Waals surface area contributed by atoms with E-state index in [2.05, 4.69) is 19.8 Å². The first-order valence-electron chi connectivity index (χ1n) is 9.60. The molecular weight excluding hydrogens is 376 g/mol. The summed E-state index contributed by atoms with van der Waals surface area (Å²) in [6, 6.07) is 11.8. The summed E-state index contributed by atoms with van der Waals surface area (Å²) in [6.07, 6.45) is 4.27. The molecule has 2 fully saturated rings. The van der Waals surface area contributed by atoms with Crippen LogP contribution in [-0.4, -0.2) is 41.8 Å². The van der Waals surface area contributed by atoms with Gasteiger partial charge in [-0.05, 0) is 43.2 Å². The number of fused-ring (bicyclic) bond motifs is 1. The number of morpholine rings is 1. The van der Waals surface area contributed by atoms with Crippen LogP contribution in [0.2, 0.25) is 5.02 Å². The second-order valence-electron chi connectivity index (χ2n) is 7.28. The lowest BCUT2D eigenvalue weighted by molar-refractivity contribution is 0.102. The maximum atomic E-state index is 12.9. The monoisotopic (exact) mass is 396 g/mol. The van der Waals surface area contributed by atoms with Crippen LogP contribution in [0.3, 0.4) is 0 Å². The molecule has 0 radical (unpaired) electrons. The number of nitrogens with one attached hydrogen (secondary N) is 1. The van der Waals surface area contributed by atoms with Gasteiger partial charge in [-0.25, -0.2) is 4.98 Å². The number of carbonyl (C=O) groups is 1. The Hall–Kier alpha value is -2.57. The normalized spacial score (nSPS) is 17.1. The van der Waals surface area contributed by atoms with Gasteiger partial charge in [0.05, 0.1) is 47.0 Å². The van der Waals surface area contributed by atoms with Gasteiger partial charge in [0.2, 0.25) is 0 Å². The van der Waals surface area contributed by atoms with E-state index in [-0.39, 0.29) is 5.91 Å². The van der Waals surface area contributed by atoms with Crippen LogP contribution in [0.15, 0.2) is 42.7 Å². The molecule has 2 heterocycles. The third kappa shape index (κ3) is 3.23. The molecule has 0 atom stereocenters. The molecule has 144 valence electrons. The molecule has 28 heavy (non-hydrogen) atoms. The molecule has 0 unspecified atom stereocenters. The van der Waals surface area contributed by atoms with Crippen LogP contribution in [0.25, 0.3) is 11.0 Å². The van der Waals surface area contributed by atoms with Gasteiger partial charge in [-0.15, -0.1) is 0 Å². The van der Waals surface area contributed by atoms with Crippen LogP contribution in [0.1, 0.15) is 29.2 Å². The quantitative estimate of drug-likeness (QED) is 0.720. The number of imidazole rings is 1. The van der Waals surface area contributed by atoms with Crippen LogP contribution in [0.5, 0.6) is 0 Å². The average molecular weight is 397 g/mol. The molecular formula is C21H21ClN4O2. The van der Waals surface area contributed by atoms with Crippen LogP contribution in [0.4, 0.5) is 11.4 Å². The minimum absolute atomic E-state index is 0.167. The van der Waals surface area contributed by atoms with Gasteiger partial charge in [0.1, 0.15) is 0 Å². The predicted molar refractivity (Wildman–Crippen MR) is 110 cm³/mol. The SMILES string of the molecule is O=C(Nc1cccc(Cl)c1N1CCOCC1)c1ccc2c(c1)ncn2C1CC1. The number of aromatic nitrogens is 2. The molecule has 2 aliphatic rings. The number of anilines is 2. The number of carbonyl (C=O) groups excluding carboxylic acids is 1. The Morgan fingerprint density at radius 3 is 2.79 bits per heavy atom. The minimum Gasteiger partial charge on any atom is -0.378 e. The Morgan fingerprint density at radius 2 is 2.00 bits per heavy atom. The molecule has 0 spiro atoms. The number of rotatable bonds is 4. The highest BCUT2D eigenvalue weighted by atomic mass is 35.5. The van der Waals surface area contributed by atoms with Crippen LogP contribution in [-0.2, 0) is 4.74 Å². The maximum Gasteiger partial charge on any atom is 0.255 e. The first-order chi connectivity index (χ1) is 13.7. The van der Waals surface area contributed by atoms with Crippen molar-refractivity contribution in [3.63, 3.8) is 0 Å². The molecule has 6 nitrogen and oxygen atoms in total. The topological polar surface area (TPSA) is 59.4 Å². The largest absolute Gasteiger partial charge is 0.378 e. The van der Waals surface area contributed by atoms with Gasteiger partial charge in [0.15, 0.2) is 0 Å². The molecule has 2 aromatic carbocycles. The van der Waals surface area contributed by atoms with Crippen LogP contribution in [0, 0.1) is 0 Å². The summed E-state index contributed by atoms with van der Waals surface area (Å²) in [5.74, 6) is -0.167. The van der Waals surface area contributed by atoms with E-state index in [9.17, 15) is 4.79 Å². The van der Waals surface area contributed by atoms with E-state index in [0.717, 1.165) is 29.8 Å². The van der Waals surface area contributed by atoms with Gasteiger partial charge in [-0.2, -0.15) is 0 Å². The van der Waals surface area contributed by atoms with Crippen molar-refractivity contribution in [1.82, 2.24) is 9.55 Å². The highest BCUT2D eigenvalue weighted by Crippen LogP contribution is 2.37. The number of hydrogen-bond acceptors (Lipinski definition) is 4. The van der Waals surface area contributed by atoms with Crippen molar-refractivity contribution in [2.24, 2.45) is 0 Å². The number of ether oxygens (including phenoxy) is 1. The van der Waals surface area contributed by atoms with E-state index in [1.165, 1.54) is 12.8 Å². The fraction of sp³-hybridized carbons (Fsp3) is 0.333. The minimum atomic E-state index is -0.167. The Kier molecular flexibility index (Phi) is 4.45. The third-order valence-electron chi connectivity index (χ3n) is 5.34. The fourth-order valence-corrected chi connectivity index (χ4v) is 4.03. The summed E-state index contributed by atoms with van der Waals surface area (Å²) < 4.78 is 7.63. The van der Waals surface area contributed by atoms with E-state index in [4.69, 9.17) is 16.3 Å². The summed E-state index contributed by atoms with van der Waals surface area (Å²) in [5, 5.41) is 3.65. The summed E-state index contributed by atoms with van der Waals surface area (Å²) in [5.41, 5.74) is 4.07. The van der Waals surface area contributed by atoms with Crippen molar-refractivity contribution in [2.45, 2.75) is 18.9 Å². The van der Waals surface area contributed by atoms with Crippen molar-refractivity contribution >= 4 is 39.9 Å². The lowest BCUT2D eigenvalue weighted by atomic mass is 10.1. The molecule has 1 aromatic heterocycles. The average Bonchev–Trinajstić information content (AvgIpc) is 3.47. The van der Waals surface area contributed by atoms with Gasteiger partial charge in [0, 0.05) is 24.7 Å². The lowest BCUT2D eigenvalue weighted by Gasteiger charge is -2.31. The first kappa shape index (κ1) is 17.5. The zero-order chi connectivity index (χ0) is 19.1. The second kappa shape index (κ2) is 7.11. The molecule has 1 N–H and O–H groups in total. The van der Waals surface area contributed by atoms with Gasteiger partial charge >= 0.3 is 0 Å². The zero-order valence-corrected chi connectivity index (χ0v) is 16.2. The predicted octanol–water partition coefficient (Wildman–Crippen LogP) is 4.11. The lowest BCUT2D eigenvalue weighted by Crippen LogP contribution is -2.37. The number of benzene rings is 2. The van der Waals surface area contributed by atoms with Crippen molar-refractivity contribution in [2.75, 3.05) is 36.5 Å². The van der Waals surface area contributed by atoms with Gasteiger partial charge in [-0.3, -0.25) is 4.79 Å². The summed E-state index contributed by atoms with van der Waals surface area (Å²) in [6.45, 7) is 2.80. The summed E-state index contributed by atoms with van der Waals surface area (Å²) in [4.78, 5) is 19.6. The van der Waals surface area contributed by atoms with E-state index in [1.54, 1.807) is 0 Å². The number of amides is 1. The molecule has 1 aliphatic carbocycles. The fourth-order valence-electron chi connectivity index (χ4n) is 3.74. The first-order valence-corrected chi connectivity index (χ1v) is 9.97. The number of para-hydroxylation sites is 1. The van der Waals surface area contributed by atoms with E-state index in [1.807, 2.05) is 42.7 Å². The maximum absolute atomic E-state index is 12.9. The van der Waals surface area contributed by atoms with Crippen LogP contribution >= 0.6 is 11.6 Å². The number of halogens is 1. The van der Waals surface area contributed by atoms with Crippen molar-refractivity contribution in [3.8, 4) is 0 Å².